The van der Waals surface area contributed by atoms with E-state index in [2.05, 4.69) is 10.3 Å². The van der Waals surface area contributed by atoms with Crippen LogP contribution < -0.4 is 10.1 Å². The summed E-state index contributed by atoms with van der Waals surface area (Å²) in [6.07, 6.45) is 7.74. The van der Waals surface area contributed by atoms with Crippen LogP contribution in [0.1, 0.15) is 5.69 Å². The highest BCUT2D eigenvalue weighted by molar-refractivity contribution is 6.30. The fourth-order valence-electron chi connectivity index (χ4n) is 3.55. The summed E-state index contributed by atoms with van der Waals surface area (Å²) in [6, 6.07) is 17.7. The number of rotatable bonds is 5. The summed E-state index contributed by atoms with van der Waals surface area (Å²) in [5, 5.41) is 4.18. The number of nitrogens with zero attached hydrogens (tertiary/aromatic N) is 4. The lowest BCUT2D eigenvalue weighted by Crippen LogP contribution is -1.99. The normalized spacial score (nSPS) is 11.1. The van der Waals surface area contributed by atoms with E-state index in [1.807, 2.05) is 89.1 Å². The van der Waals surface area contributed by atoms with E-state index in [-0.39, 0.29) is 0 Å². The maximum absolute atomic E-state index is 6.02. The molecule has 0 saturated carbocycles. The van der Waals surface area contributed by atoms with E-state index in [0.29, 0.717) is 5.02 Å². The predicted molar refractivity (Wildman–Crippen MR) is 124 cm³/mol. The molecule has 0 spiro atoms. The maximum atomic E-state index is 6.02. The van der Waals surface area contributed by atoms with E-state index in [1.54, 1.807) is 13.4 Å². The van der Waals surface area contributed by atoms with Gasteiger partial charge in [0.15, 0.2) is 5.65 Å². The minimum Gasteiger partial charge on any atom is -0.494 e. The number of methoxy groups -OCH3 is 1. The predicted octanol–water partition coefficient (Wildman–Crippen LogP) is 5.90. The molecule has 0 aliphatic heterocycles. The second kappa shape index (κ2) is 7.81. The minimum absolute atomic E-state index is 0.707. The van der Waals surface area contributed by atoms with E-state index in [4.69, 9.17) is 21.3 Å². The Hall–Kier alpha value is -3.77. The smallest absolute Gasteiger partial charge is 0.161 e. The van der Waals surface area contributed by atoms with Crippen molar-refractivity contribution in [1.29, 1.82) is 0 Å². The molecule has 0 radical (unpaired) electrons. The first-order valence-corrected chi connectivity index (χ1v) is 10.2. The lowest BCUT2D eigenvalue weighted by atomic mass is 10.2. The van der Waals surface area contributed by atoms with Gasteiger partial charge in [-0.25, -0.2) is 9.97 Å². The number of ether oxygens (including phenoxy) is 1. The first-order valence-electron chi connectivity index (χ1n) is 9.80. The van der Waals surface area contributed by atoms with Crippen LogP contribution in [0.5, 0.6) is 5.75 Å². The molecule has 0 unspecified atom stereocenters. The molecule has 154 valence electrons. The first-order chi connectivity index (χ1) is 15.1. The number of benzene rings is 2. The summed E-state index contributed by atoms with van der Waals surface area (Å²) in [5.41, 5.74) is 6.41. The van der Waals surface area contributed by atoms with Gasteiger partial charge in [-0.2, -0.15) is 0 Å². The van der Waals surface area contributed by atoms with Crippen LogP contribution in [0.3, 0.4) is 0 Å². The number of nitrogens with one attached hydrogen (secondary N) is 1. The van der Waals surface area contributed by atoms with Gasteiger partial charge >= 0.3 is 0 Å². The van der Waals surface area contributed by atoms with Crippen molar-refractivity contribution >= 4 is 28.6 Å². The fraction of sp³-hybridized carbons (Fsp3) is 0.0833. The Bertz CT molecular complexity index is 1370. The molecule has 31 heavy (non-hydrogen) atoms. The van der Waals surface area contributed by atoms with Gasteiger partial charge in [0.2, 0.25) is 0 Å². The molecule has 0 saturated heterocycles. The Labute approximate surface area is 184 Å². The molecule has 0 atom stereocenters. The molecule has 3 heterocycles. The van der Waals surface area contributed by atoms with E-state index in [9.17, 15) is 0 Å². The largest absolute Gasteiger partial charge is 0.494 e. The Balaban J connectivity index is 1.49. The van der Waals surface area contributed by atoms with Crippen LogP contribution in [0.2, 0.25) is 5.02 Å². The second-order valence-electron chi connectivity index (χ2n) is 7.22. The van der Waals surface area contributed by atoms with E-state index in [0.717, 1.165) is 45.4 Å². The summed E-state index contributed by atoms with van der Waals surface area (Å²) in [6.45, 7) is 1.96. The minimum atomic E-state index is 0.707. The van der Waals surface area contributed by atoms with Crippen LogP contribution in [0.25, 0.3) is 22.6 Å². The first kappa shape index (κ1) is 19.2. The Kier molecular flexibility index (Phi) is 4.84. The molecule has 5 rings (SSSR count). The summed E-state index contributed by atoms with van der Waals surface area (Å²) in [7, 11) is 1.67. The number of imidazole rings is 2. The number of anilines is 2. The van der Waals surface area contributed by atoms with Crippen molar-refractivity contribution in [2.24, 2.45) is 0 Å². The van der Waals surface area contributed by atoms with Gasteiger partial charge in [-0.05, 0) is 43.3 Å². The molecule has 0 bridgehead atoms. The quantitative estimate of drug-likeness (QED) is 0.378. The van der Waals surface area contributed by atoms with Crippen molar-refractivity contribution in [1.82, 2.24) is 18.9 Å². The summed E-state index contributed by atoms with van der Waals surface area (Å²) < 4.78 is 9.58. The monoisotopic (exact) mass is 429 g/mol. The number of hydrogen-bond acceptors (Lipinski definition) is 4. The third kappa shape index (κ3) is 3.73. The van der Waals surface area contributed by atoms with Gasteiger partial charge in [0, 0.05) is 40.9 Å². The van der Waals surface area contributed by atoms with E-state index < -0.39 is 0 Å². The molecule has 1 N–H and O–H groups in total. The third-order valence-corrected chi connectivity index (χ3v) is 5.32. The third-order valence-electron chi connectivity index (χ3n) is 5.07. The van der Waals surface area contributed by atoms with Gasteiger partial charge in [0.05, 0.1) is 36.2 Å². The van der Waals surface area contributed by atoms with Crippen LogP contribution >= 0.6 is 11.6 Å². The standard InChI is InChI=1S/C24H20ClN5O/c1-16-13-30(15-26-16)22-10-9-19(12-23(22)31-2)27-20-4-3-11-29-14-21(28-24(20)29)17-5-7-18(25)8-6-17/h3-15,27H,1-2H3. The number of aryl methyl sites for hydroxylation is 1. The van der Waals surface area contributed by atoms with Gasteiger partial charge in [0.1, 0.15) is 5.75 Å². The van der Waals surface area contributed by atoms with Crippen molar-refractivity contribution in [2.45, 2.75) is 6.92 Å². The van der Waals surface area contributed by atoms with Gasteiger partial charge in [-0.15, -0.1) is 0 Å². The highest BCUT2D eigenvalue weighted by Crippen LogP contribution is 2.30. The number of hydrogen-bond donors (Lipinski definition) is 1. The molecule has 0 amide bonds. The molecule has 0 aliphatic carbocycles. The molecule has 0 aliphatic rings. The van der Waals surface area contributed by atoms with Crippen molar-refractivity contribution in [3.05, 3.63) is 90.2 Å². The van der Waals surface area contributed by atoms with Gasteiger partial charge in [-0.1, -0.05) is 23.7 Å². The number of aromatic nitrogens is 4. The molecule has 7 heteroatoms. The average molecular weight is 430 g/mol. The molecule has 0 fully saturated rings. The molecule has 5 aromatic rings. The van der Waals surface area contributed by atoms with E-state index in [1.165, 1.54) is 0 Å². The van der Waals surface area contributed by atoms with Crippen LogP contribution in [-0.2, 0) is 0 Å². The van der Waals surface area contributed by atoms with Crippen molar-refractivity contribution in [2.75, 3.05) is 12.4 Å². The fourth-order valence-corrected chi connectivity index (χ4v) is 3.67. The lowest BCUT2D eigenvalue weighted by molar-refractivity contribution is 0.413. The SMILES string of the molecule is COc1cc(Nc2cccn3cc(-c4ccc(Cl)cc4)nc23)ccc1-n1cnc(C)c1. The second-order valence-corrected chi connectivity index (χ2v) is 7.66. The Morgan fingerprint density at radius 3 is 2.61 bits per heavy atom. The molecule has 3 aromatic heterocycles. The number of pyridine rings is 1. The molecule has 2 aromatic carbocycles. The zero-order valence-electron chi connectivity index (χ0n) is 17.1. The van der Waals surface area contributed by atoms with Gasteiger partial charge in [-0.3, -0.25) is 0 Å². The van der Waals surface area contributed by atoms with Crippen molar-refractivity contribution in [3.8, 4) is 22.7 Å². The molecular formula is C24H20ClN5O. The van der Waals surface area contributed by atoms with Crippen LogP contribution in [0.15, 0.2) is 79.5 Å². The van der Waals surface area contributed by atoms with Crippen LogP contribution in [0.4, 0.5) is 11.4 Å². The number of halogens is 1. The average Bonchev–Trinajstić information content (AvgIpc) is 3.41. The Morgan fingerprint density at radius 1 is 1.03 bits per heavy atom. The Morgan fingerprint density at radius 2 is 1.87 bits per heavy atom. The van der Waals surface area contributed by atoms with E-state index >= 15 is 0 Å². The number of fused-ring (bicyclic) bond motifs is 1. The summed E-state index contributed by atoms with van der Waals surface area (Å²) in [5.74, 6) is 0.750. The summed E-state index contributed by atoms with van der Waals surface area (Å²) in [4.78, 5) is 9.13. The van der Waals surface area contributed by atoms with Gasteiger partial charge < -0.3 is 19.0 Å². The van der Waals surface area contributed by atoms with Gasteiger partial charge in [0.25, 0.3) is 0 Å². The van der Waals surface area contributed by atoms with Crippen molar-refractivity contribution in [3.63, 3.8) is 0 Å². The van der Waals surface area contributed by atoms with Crippen LogP contribution in [0, 0.1) is 6.92 Å². The van der Waals surface area contributed by atoms with Crippen molar-refractivity contribution < 1.29 is 4.74 Å². The zero-order chi connectivity index (χ0) is 21.4. The zero-order valence-corrected chi connectivity index (χ0v) is 17.8. The molecule has 6 nitrogen and oxygen atoms in total. The highest BCUT2D eigenvalue weighted by atomic mass is 35.5. The topological polar surface area (TPSA) is 56.4 Å². The summed E-state index contributed by atoms with van der Waals surface area (Å²) >= 11 is 6.02. The van der Waals surface area contributed by atoms with Crippen LogP contribution in [-0.4, -0.2) is 26.0 Å². The highest BCUT2D eigenvalue weighted by Gasteiger charge is 2.11. The lowest BCUT2D eigenvalue weighted by Gasteiger charge is -2.13. The molecular weight excluding hydrogens is 410 g/mol. The maximum Gasteiger partial charge on any atom is 0.161 e.